The number of primary sulfonamides is 1. The van der Waals surface area contributed by atoms with E-state index < -0.39 is 33.6 Å². The zero-order valence-electron chi connectivity index (χ0n) is 14.2. The van der Waals surface area contributed by atoms with E-state index in [1.807, 2.05) is 0 Å². The van der Waals surface area contributed by atoms with E-state index in [1.165, 1.54) is 42.2 Å². The van der Waals surface area contributed by atoms with E-state index in [1.54, 1.807) is 0 Å². The topological polar surface area (TPSA) is 133 Å². The quantitative estimate of drug-likeness (QED) is 0.602. The minimum atomic E-state index is -4.75. The molecule has 13 heteroatoms. The zero-order chi connectivity index (χ0) is 20.7. The minimum Gasteiger partial charge on any atom is -0.371 e. The molecule has 28 heavy (non-hydrogen) atoms. The number of carbonyl (C=O) groups excluding carboxylic acids is 1. The van der Waals surface area contributed by atoms with Crippen LogP contribution in [-0.4, -0.2) is 46.5 Å². The van der Waals surface area contributed by atoms with Crippen LogP contribution < -0.4 is 10.5 Å². The number of fused-ring (bicyclic) bond motifs is 1. The fourth-order valence-electron chi connectivity index (χ4n) is 2.46. The molecule has 3 rings (SSSR count). The highest BCUT2D eigenvalue weighted by molar-refractivity contribution is 7.89. The number of halogens is 3. The Morgan fingerprint density at radius 2 is 1.86 bits per heavy atom. The molecule has 0 spiro atoms. The second-order valence-electron chi connectivity index (χ2n) is 5.71. The average molecular weight is 414 g/mol. The number of hydrogen-bond acceptors (Lipinski definition) is 7. The lowest BCUT2D eigenvalue weighted by molar-refractivity contribution is -0.144. The molecular weight excluding hydrogens is 401 g/mol. The Bertz CT molecular complexity index is 1160. The summed E-state index contributed by atoms with van der Waals surface area (Å²) in [5, 5.41) is 7.40. The van der Waals surface area contributed by atoms with Crippen molar-refractivity contribution in [3.8, 4) is 5.69 Å². The van der Waals surface area contributed by atoms with Crippen LogP contribution in [0.25, 0.3) is 16.9 Å². The van der Waals surface area contributed by atoms with Gasteiger partial charge in [0.15, 0.2) is 22.8 Å². The third-order valence-corrected chi connectivity index (χ3v) is 4.35. The van der Waals surface area contributed by atoms with Crippen LogP contribution in [0.4, 0.5) is 19.0 Å². The van der Waals surface area contributed by atoms with Gasteiger partial charge in [0, 0.05) is 18.3 Å². The van der Waals surface area contributed by atoms with Crippen molar-refractivity contribution < 1.29 is 26.4 Å². The number of alkyl halides is 3. The number of imidazole rings is 1. The van der Waals surface area contributed by atoms with Gasteiger partial charge in [0.25, 0.3) is 0 Å². The molecule has 0 aliphatic rings. The molecule has 0 amide bonds. The van der Waals surface area contributed by atoms with Gasteiger partial charge in [0.05, 0.1) is 0 Å². The highest BCUT2D eigenvalue weighted by Gasteiger charge is 2.36. The van der Waals surface area contributed by atoms with Crippen LogP contribution >= 0.6 is 0 Å². The highest BCUT2D eigenvalue weighted by atomic mass is 32.2. The molecule has 148 valence electrons. The number of benzene rings is 1. The molecule has 0 fully saturated rings. The Morgan fingerprint density at radius 3 is 2.39 bits per heavy atom. The van der Waals surface area contributed by atoms with E-state index in [2.05, 4.69) is 20.3 Å². The van der Waals surface area contributed by atoms with Crippen LogP contribution in [-0.2, 0) is 16.2 Å². The summed E-state index contributed by atoms with van der Waals surface area (Å²) >= 11 is 0. The van der Waals surface area contributed by atoms with Crippen LogP contribution in [0.5, 0.6) is 0 Å². The standard InChI is InChI=1S/C15H13F3N6O3S/c1-20-12-11-13(23-14(22-12)15(16,17)18)24(7-21-11)9-4-2-8(3-5-9)10(25)6-28(19,26)27/h2-5,7H,6H2,1H3,(H2,19,26,27)(H,20,22,23). The Kier molecular flexibility index (Phi) is 4.81. The van der Waals surface area contributed by atoms with E-state index in [-0.39, 0.29) is 22.5 Å². The maximum Gasteiger partial charge on any atom is 0.451 e. The van der Waals surface area contributed by atoms with Gasteiger partial charge in [0.2, 0.25) is 15.8 Å². The van der Waals surface area contributed by atoms with Crippen molar-refractivity contribution in [3.63, 3.8) is 0 Å². The first-order valence-electron chi connectivity index (χ1n) is 7.64. The van der Waals surface area contributed by atoms with Crippen LogP contribution in [0.3, 0.4) is 0 Å². The number of carbonyl (C=O) groups is 1. The number of nitrogens with zero attached hydrogens (tertiary/aromatic N) is 4. The normalized spacial score (nSPS) is 12.3. The molecular formula is C15H13F3N6O3S. The summed E-state index contributed by atoms with van der Waals surface area (Å²) < 4.78 is 62.5. The van der Waals surface area contributed by atoms with Crippen molar-refractivity contribution in [2.75, 3.05) is 18.1 Å². The maximum atomic E-state index is 13.1. The van der Waals surface area contributed by atoms with Crippen LogP contribution in [0, 0.1) is 0 Å². The van der Waals surface area contributed by atoms with Gasteiger partial charge >= 0.3 is 6.18 Å². The second-order valence-corrected chi connectivity index (χ2v) is 7.32. The van der Waals surface area contributed by atoms with Crippen LogP contribution in [0.2, 0.25) is 0 Å². The maximum absolute atomic E-state index is 13.1. The van der Waals surface area contributed by atoms with E-state index >= 15 is 0 Å². The molecule has 3 aromatic rings. The number of aromatic nitrogens is 4. The largest absolute Gasteiger partial charge is 0.451 e. The third-order valence-electron chi connectivity index (χ3n) is 3.69. The lowest BCUT2D eigenvalue weighted by Gasteiger charge is -2.09. The van der Waals surface area contributed by atoms with Crippen molar-refractivity contribution in [3.05, 3.63) is 42.0 Å². The summed E-state index contributed by atoms with van der Waals surface area (Å²) in [5.41, 5.74) is 0.493. The number of ketones is 1. The van der Waals surface area contributed by atoms with Crippen molar-refractivity contribution >= 4 is 32.8 Å². The summed E-state index contributed by atoms with van der Waals surface area (Å²) in [6.07, 6.45) is -3.49. The highest BCUT2D eigenvalue weighted by Crippen LogP contribution is 2.30. The number of nitrogens with one attached hydrogen (secondary N) is 1. The van der Waals surface area contributed by atoms with Gasteiger partial charge in [-0.05, 0) is 24.3 Å². The number of hydrogen-bond donors (Lipinski definition) is 2. The van der Waals surface area contributed by atoms with Crippen LogP contribution in [0.1, 0.15) is 16.2 Å². The Labute approximate surface area is 156 Å². The molecule has 2 aromatic heterocycles. The second kappa shape index (κ2) is 6.83. The van der Waals surface area contributed by atoms with Crippen molar-refractivity contribution in [2.24, 2.45) is 5.14 Å². The molecule has 0 aliphatic heterocycles. The Hall–Kier alpha value is -3.06. The van der Waals surface area contributed by atoms with Gasteiger partial charge in [-0.15, -0.1) is 0 Å². The molecule has 1 aromatic carbocycles. The first-order chi connectivity index (χ1) is 13.0. The van der Waals surface area contributed by atoms with Gasteiger partial charge < -0.3 is 5.32 Å². The molecule has 0 unspecified atom stereocenters. The Balaban J connectivity index is 2.05. The summed E-state index contributed by atoms with van der Waals surface area (Å²) in [5.74, 6) is -2.97. The minimum absolute atomic E-state index is 0.0868. The van der Waals surface area contributed by atoms with Crippen molar-refractivity contribution in [1.82, 2.24) is 19.5 Å². The molecule has 0 bridgehead atoms. The van der Waals surface area contributed by atoms with Crippen molar-refractivity contribution in [2.45, 2.75) is 6.18 Å². The first-order valence-corrected chi connectivity index (χ1v) is 9.35. The van der Waals surface area contributed by atoms with Gasteiger partial charge in [-0.25, -0.2) is 28.5 Å². The third kappa shape index (κ3) is 3.94. The number of nitrogens with two attached hydrogens (primary N) is 1. The molecule has 0 saturated heterocycles. The Morgan fingerprint density at radius 1 is 1.21 bits per heavy atom. The lowest BCUT2D eigenvalue weighted by atomic mass is 10.1. The fourth-order valence-corrected chi connectivity index (χ4v) is 3.00. The van der Waals surface area contributed by atoms with E-state index in [0.717, 1.165) is 0 Å². The predicted octanol–water partition coefficient (Wildman–Crippen LogP) is 1.35. The number of anilines is 1. The fraction of sp³-hybridized carbons (Fsp3) is 0.200. The lowest BCUT2D eigenvalue weighted by Crippen LogP contribution is -2.23. The molecule has 2 heterocycles. The van der Waals surface area contributed by atoms with Gasteiger partial charge in [-0.1, -0.05) is 0 Å². The smallest absolute Gasteiger partial charge is 0.371 e. The summed E-state index contributed by atoms with van der Waals surface area (Å²) in [7, 11) is -2.57. The summed E-state index contributed by atoms with van der Waals surface area (Å²) in [4.78, 5) is 22.9. The first kappa shape index (κ1) is 19.7. The van der Waals surface area contributed by atoms with Crippen LogP contribution in [0.15, 0.2) is 30.6 Å². The summed E-state index contributed by atoms with van der Waals surface area (Å²) in [6.45, 7) is 0. The van der Waals surface area contributed by atoms with Gasteiger partial charge in [-0.3, -0.25) is 9.36 Å². The SMILES string of the molecule is CNc1nc(C(F)(F)F)nc2c1ncn2-c1ccc(C(=O)CS(N)(=O)=O)cc1. The number of sulfonamides is 1. The van der Waals surface area contributed by atoms with E-state index in [0.29, 0.717) is 5.69 Å². The monoisotopic (exact) mass is 414 g/mol. The number of rotatable bonds is 5. The number of Topliss-reactive ketones (excluding diaryl/α,β-unsaturated/α-hetero) is 1. The molecule has 0 aliphatic carbocycles. The van der Waals surface area contributed by atoms with E-state index in [4.69, 9.17) is 5.14 Å². The molecule has 0 atom stereocenters. The molecule has 0 saturated carbocycles. The summed E-state index contributed by atoms with van der Waals surface area (Å²) in [6, 6.07) is 5.51. The van der Waals surface area contributed by atoms with Gasteiger partial charge in [0.1, 0.15) is 12.1 Å². The zero-order valence-corrected chi connectivity index (χ0v) is 15.0. The molecule has 9 nitrogen and oxygen atoms in total. The molecule has 3 N–H and O–H groups in total. The van der Waals surface area contributed by atoms with Gasteiger partial charge in [-0.2, -0.15) is 13.2 Å². The van der Waals surface area contributed by atoms with Crippen molar-refractivity contribution in [1.29, 1.82) is 0 Å². The predicted molar refractivity (Wildman–Crippen MR) is 93.5 cm³/mol. The van der Waals surface area contributed by atoms with E-state index in [9.17, 15) is 26.4 Å². The average Bonchev–Trinajstić information content (AvgIpc) is 3.03. The molecule has 0 radical (unpaired) electrons.